The Bertz CT molecular complexity index is 467. The van der Waals surface area contributed by atoms with E-state index in [4.69, 9.17) is 11.5 Å². The van der Waals surface area contributed by atoms with Gasteiger partial charge in [-0.15, -0.1) is 0 Å². The first-order chi connectivity index (χ1) is 8.99. The van der Waals surface area contributed by atoms with Crippen LogP contribution in [0.3, 0.4) is 0 Å². The first-order valence-electron chi connectivity index (χ1n) is 6.75. The molecule has 0 aromatic carbocycles. The monoisotopic (exact) mass is 262 g/mol. The minimum absolute atomic E-state index is 0.311. The minimum atomic E-state index is -0.429. The van der Waals surface area contributed by atoms with Gasteiger partial charge in [-0.3, -0.25) is 4.79 Å². The molecule has 19 heavy (non-hydrogen) atoms. The number of aryl methyl sites for hydroxylation is 1. The Hall–Kier alpha value is -1.62. The molecular weight excluding hydrogens is 240 g/mol. The van der Waals surface area contributed by atoms with E-state index in [1.165, 1.54) is 0 Å². The van der Waals surface area contributed by atoms with Crippen LogP contribution in [0.4, 0.5) is 5.82 Å². The number of carbonyl (C=O) groups is 1. The summed E-state index contributed by atoms with van der Waals surface area (Å²) in [5, 5.41) is 0. The number of rotatable bonds is 3. The molecule has 2 rings (SSSR count). The van der Waals surface area contributed by atoms with Crippen molar-refractivity contribution in [2.75, 3.05) is 11.9 Å². The zero-order valence-corrected chi connectivity index (χ0v) is 11.6. The second-order valence-electron chi connectivity index (χ2n) is 5.37. The number of carbonyl (C=O) groups excluding carboxylic acids is 1. The molecule has 1 amide bonds. The number of anilines is 1. The Morgan fingerprint density at radius 3 is 2.53 bits per heavy atom. The second-order valence-corrected chi connectivity index (χ2v) is 5.37. The number of hydrogen-bond acceptors (Lipinski definition) is 4. The normalized spacial score (nSPS) is 23.1. The summed E-state index contributed by atoms with van der Waals surface area (Å²) in [7, 11) is 1.98. The number of primary amides is 1. The summed E-state index contributed by atoms with van der Waals surface area (Å²) in [4.78, 5) is 18.1. The maximum Gasteiger partial charge on any atom is 0.252 e. The van der Waals surface area contributed by atoms with E-state index < -0.39 is 5.91 Å². The Balaban J connectivity index is 2.25. The van der Waals surface area contributed by atoms with Gasteiger partial charge in [0, 0.05) is 24.8 Å². The van der Waals surface area contributed by atoms with Gasteiger partial charge < -0.3 is 16.4 Å². The van der Waals surface area contributed by atoms with Gasteiger partial charge >= 0.3 is 0 Å². The van der Waals surface area contributed by atoms with Crippen molar-refractivity contribution in [3.63, 3.8) is 0 Å². The molecule has 5 heteroatoms. The van der Waals surface area contributed by atoms with Crippen LogP contribution in [0, 0.1) is 6.92 Å². The zero-order chi connectivity index (χ0) is 14.0. The average molecular weight is 262 g/mol. The lowest BCUT2D eigenvalue weighted by Gasteiger charge is -2.35. The molecule has 1 fully saturated rings. The largest absolute Gasteiger partial charge is 0.365 e. The molecule has 104 valence electrons. The molecule has 1 aromatic heterocycles. The number of hydrogen-bond donors (Lipinski definition) is 2. The SMILES string of the molecule is Cc1ccc(C(N)=O)c(N(C)C2CCC(N)CC2)n1. The lowest BCUT2D eigenvalue weighted by Crippen LogP contribution is -2.40. The Morgan fingerprint density at radius 1 is 1.32 bits per heavy atom. The third-order valence-electron chi connectivity index (χ3n) is 3.90. The molecule has 1 aliphatic rings. The van der Waals surface area contributed by atoms with Crippen LogP contribution >= 0.6 is 0 Å². The predicted octanol–water partition coefficient (Wildman–Crippen LogP) is 1.20. The van der Waals surface area contributed by atoms with E-state index >= 15 is 0 Å². The fraction of sp³-hybridized carbons (Fsp3) is 0.571. The Kier molecular flexibility index (Phi) is 4.04. The summed E-state index contributed by atoms with van der Waals surface area (Å²) in [6, 6.07) is 4.26. The van der Waals surface area contributed by atoms with Crippen molar-refractivity contribution in [1.82, 2.24) is 4.98 Å². The number of pyridine rings is 1. The van der Waals surface area contributed by atoms with Crippen molar-refractivity contribution in [2.45, 2.75) is 44.7 Å². The molecule has 0 radical (unpaired) electrons. The van der Waals surface area contributed by atoms with E-state index in [9.17, 15) is 4.79 Å². The summed E-state index contributed by atoms with van der Waals surface area (Å²) < 4.78 is 0. The third kappa shape index (κ3) is 3.04. The number of amides is 1. The Morgan fingerprint density at radius 2 is 1.95 bits per heavy atom. The summed E-state index contributed by atoms with van der Waals surface area (Å²) in [5.41, 5.74) is 12.7. The van der Waals surface area contributed by atoms with Crippen LogP contribution in [0.5, 0.6) is 0 Å². The molecular formula is C14H22N4O. The highest BCUT2D eigenvalue weighted by molar-refractivity contribution is 5.97. The third-order valence-corrected chi connectivity index (χ3v) is 3.90. The van der Waals surface area contributed by atoms with Crippen molar-refractivity contribution in [2.24, 2.45) is 11.5 Å². The van der Waals surface area contributed by atoms with Gasteiger partial charge in [0.15, 0.2) is 0 Å². The fourth-order valence-electron chi connectivity index (χ4n) is 2.67. The molecule has 0 atom stereocenters. The van der Waals surface area contributed by atoms with Crippen LogP contribution in [0.1, 0.15) is 41.7 Å². The highest BCUT2D eigenvalue weighted by atomic mass is 16.1. The van der Waals surface area contributed by atoms with Crippen molar-refractivity contribution in [1.29, 1.82) is 0 Å². The van der Waals surface area contributed by atoms with Crippen LogP contribution in [0.2, 0.25) is 0 Å². The van der Waals surface area contributed by atoms with Gasteiger partial charge in [-0.05, 0) is 44.7 Å². The summed E-state index contributed by atoms with van der Waals surface area (Å²) in [6.45, 7) is 1.92. The topological polar surface area (TPSA) is 85.2 Å². The summed E-state index contributed by atoms with van der Waals surface area (Å²) in [5.74, 6) is 0.259. The van der Waals surface area contributed by atoms with Crippen LogP contribution in [0.25, 0.3) is 0 Å². The van der Waals surface area contributed by atoms with Crippen molar-refractivity contribution < 1.29 is 4.79 Å². The standard InChI is InChI=1S/C14H22N4O/c1-9-3-8-12(13(16)19)14(17-9)18(2)11-6-4-10(15)5-7-11/h3,8,10-11H,4-7,15H2,1-2H3,(H2,16,19). The van der Waals surface area contributed by atoms with Crippen molar-refractivity contribution in [3.8, 4) is 0 Å². The molecule has 0 unspecified atom stereocenters. The highest BCUT2D eigenvalue weighted by Gasteiger charge is 2.25. The first-order valence-corrected chi connectivity index (χ1v) is 6.75. The molecule has 0 bridgehead atoms. The molecule has 4 N–H and O–H groups in total. The molecule has 1 heterocycles. The quantitative estimate of drug-likeness (QED) is 0.857. The summed E-state index contributed by atoms with van der Waals surface area (Å²) >= 11 is 0. The van der Waals surface area contributed by atoms with E-state index in [1.54, 1.807) is 6.07 Å². The maximum atomic E-state index is 11.5. The highest BCUT2D eigenvalue weighted by Crippen LogP contribution is 2.26. The number of nitrogens with two attached hydrogens (primary N) is 2. The minimum Gasteiger partial charge on any atom is -0.365 e. The molecule has 1 aromatic rings. The van der Waals surface area contributed by atoms with Crippen molar-refractivity contribution >= 4 is 11.7 Å². The number of nitrogens with zero attached hydrogens (tertiary/aromatic N) is 2. The maximum absolute atomic E-state index is 11.5. The predicted molar refractivity (Wildman–Crippen MR) is 76.1 cm³/mol. The van der Waals surface area contributed by atoms with Crippen molar-refractivity contribution in [3.05, 3.63) is 23.4 Å². The van der Waals surface area contributed by atoms with E-state index in [0.717, 1.165) is 31.4 Å². The molecule has 0 spiro atoms. The average Bonchev–Trinajstić information content (AvgIpc) is 2.38. The molecule has 1 saturated carbocycles. The van der Waals surface area contributed by atoms with Gasteiger partial charge in [0.1, 0.15) is 5.82 Å². The smallest absolute Gasteiger partial charge is 0.252 e. The van der Waals surface area contributed by atoms with Crippen LogP contribution in [-0.2, 0) is 0 Å². The van der Waals surface area contributed by atoms with Crippen LogP contribution < -0.4 is 16.4 Å². The van der Waals surface area contributed by atoms with E-state index in [2.05, 4.69) is 9.88 Å². The van der Waals surface area contributed by atoms with Gasteiger partial charge in [0.2, 0.25) is 0 Å². The van der Waals surface area contributed by atoms with Gasteiger partial charge in [-0.2, -0.15) is 0 Å². The first kappa shape index (κ1) is 13.8. The summed E-state index contributed by atoms with van der Waals surface area (Å²) in [6.07, 6.45) is 4.11. The van der Waals surface area contributed by atoms with E-state index in [1.807, 2.05) is 20.0 Å². The second kappa shape index (κ2) is 5.57. The van der Waals surface area contributed by atoms with Gasteiger partial charge in [-0.25, -0.2) is 4.98 Å². The van der Waals surface area contributed by atoms with Gasteiger partial charge in [-0.1, -0.05) is 0 Å². The number of aromatic nitrogens is 1. The molecule has 0 saturated heterocycles. The molecule has 5 nitrogen and oxygen atoms in total. The fourth-order valence-corrected chi connectivity index (χ4v) is 2.67. The molecule has 0 aliphatic heterocycles. The zero-order valence-electron chi connectivity index (χ0n) is 11.6. The lowest BCUT2D eigenvalue weighted by atomic mass is 9.91. The van der Waals surface area contributed by atoms with Crippen LogP contribution in [0.15, 0.2) is 12.1 Å². The van der Waals surface area contributed by atoms with E-state index in [0.29, 0.717) is 23.5 Å². The molecule has 1 aliphatic carbocycles. The van der Waals surface area contributed by atoms with E-state index in [-0.39, 0.29) is 0 Å². The lowest BCUT2D eigenvalue weighted by molar-refractivity contribution is 0.100. The van der Waals surface area contributed by atoms with Crippen LogP contribution in [-0.4, -0.2) is 30.0 Å². The Labute approximate surface area is 114 Å². The van der Waals surface area contributed by atoms with Gasteiger partial charge in [0.05, 0.1) is 5.56 Å². The van der Waals surface area contributed by atoms with Gasteiger partial charge in [0.25, 0.3) is 5.91 Å².